The van der Waals surface area contributed by atoms with Crippen LogP contribution >= 0.6 is 0 Å². The minimum Gasteiger partial charge on any atom is -0.490 e. The second-order valence-corrected chi connectivity index (χ2v) is 8.34. The highest BCUT2D eigenvalue weighted by atomic mass is 19.2. The molecule has 0 aromatic heterocycles. The number of nitrogens with zero attached hydrogens (tertiary/aromatic N) is 1. The molecule has 0 unspecified atom stereocenters. The Balaban J connectivity index is 1.52. The van der Waals surface area contributed by atoms with Gasteiger partial charge in [0.2, 0.25) is 5.91 Å². The zero-order chi connectivity index (χ0) is 24.4. The van der Waals surface area contributed by atoms with Gasteiger partial charge in [-0.05, 0) is 49.2 Å². The van der Waals surface area contributed by atoms with E-state index in [1.165, 1.54) is 12.1 Å². The van der Waals surface area contributed by atoms with Crippen molar-refractivity contribution in [1.82, 2.24) is 10.2 Å². The van der Waals surface area contributed by atoms with Gasteiger partial charge < -0.3 is 25.0 Å². The summed E-state index contributed by atoms with van der Waals surface area (Å²) in [5, 5.41) is 5.19. The molecule has 0 spiro atoms. The number of likely N-dealkylation sites (N-methyl/N-ethyl adjacent to an activating group) is 1. The number of rotatable bonds is 4. The first kappa shape index (κ1) is 23.6. The van der Waals surface area contributed by atoms with Gasteiger partial charge in [0.25, 0.3) is 11.8 Å². The lowest BCUT2D eigenvalue weighted by Gasteiger charge is -2.42. The minimum absolute atomic E-state index is 0.0566. The Morgan fingerprint density at radius 2 is 1.91 bits per heavy atom. The Morgan fingerprint density at radius 3 is 2.65 bits per heavy atom. The Morgan fingerprint density at radius 1 is 1.12 bits per heavy atom. The second-order valence-electron chi connectivity index (χ2n) is 8.34. The molecule has 2 heterocycles. The highest BCUT2D eigenvalue weighted by Gasteiger charge is 2.39. The molecule has 0 aliphatic carbocycles. The second kappa shape index (κ2) is 9.76. The van der Waals surface area contributed by atoms with Gasteiger partial charge in [-0.25, -0.2) is 8.78 Å². The van der Waals surface area contributed by atoms with E-state index in [0.29, 0.717) is 24.3 Å². The first-order valence-electron chi connectivity index (χ1n) is 10.9. The maximum Gasteiger partial charge on any atom is 0.257 e. The van der Waals surface area contributed by atoms with E-state index < -0.39 is 23.6 Å². The Kier molecular flexibility index (Phi) is 6.78. The third-order valence-corrected chi connectivity index (χ3v) is 6.14. The fraction of sp³-hybridized carbons (Fsp3) is 0.375. The number of hydrogen-bond donors (Lipinski definition) is 2. The summed E-state index contributed by atoms with van der Waals surface area (Å²) in [5.41, 5.74) is 0.511. The molecule has 180 valence electrons. The molecule has 0 radical (unpaired) electrons. The van der Waals surface area contributed by atoms with Crippen LogP contribution in [0.25, 0.3) is 0 Å². The van der Waals surface area contributed by atoms with Gasteiger partial charge in [-0.15, -0.1) is 0 Å². The molecule has 3 amide bonds. The monoisotopic (exact) mass is 473 g/mol. The highest BCUT2D eigenvalue weighted by Crippen LogP contribution is 2.32. The summed E-state index contributed by atoms with van der Waals surface area (Å²) in [7, 11) is 3.26. The highest BCUT2D eigenvalue weighted by molar-refractivity contribution is 6.05. The smallest absolute Gasteiger partial charge is 0.257 e. The number of amides is 3. The van der Waals surface area contributed by atoms with E-state index in [1.807, 2.05) is 0 Å². The fourth-order valence-electron chi connectivity index (χ4n) is 4.25. The molecule has 4 rings (SSSR count). The van der Waals surface area contributed by atoms with Crippen molar-refractivity contribution in [2.45, 2.75) is 37.5 Å². The average molecular weight is 473 g/mol. The van der Waals surface area contributed by atoms with Crippen LogP contribution in [-0.4, -0.2) is 61.6 Å². The van der Waals surface area contributed by atoms with Crippen LogP contribution in [0.5, 0.6) is 5.75 Å². The maximum atomic E-state index is 13.5. The molecule has 8 nitrogen and oxygen atoms in total. The molecular weight excluding hydrogens is 448 g/mol. The number of carbonyl (C=O) groups excluding carboxylic acids is 3. The Bertz CT molecular complexity index is 1130. The van der Waals surface area contributed by atoms with Crippen LogP contribution in [0.2, 0.25) is 0 Å². The third-order valence-electron chi connectivity index (χ3n) is 6.14. The lowest BCUT2D eigenvalue weighted by molar-refractivity contribution is -0.133. The van der Waals surface area contributed by atoms with Crippen LogP contribution in [0.3, 0.4) is 0 Å². The summed E-state index contributed by atoms with van der Waals surface area (Å²) in [6.45, 7) is 0.195. The number of nitrogens with one attached hydrogen (secondary N) is 2. The summed E-state index contributed by atoms with van der Waals surface area (Å²) in [6.07, 6.45) is 0.886. The van der Waals surface area contributed by atoms with Crippen molar-refractivity contribution in [1.29, 1.82) is 0 Å². The van der Waals surface area contributed by atoms with E-state index in [4.69, 9.17) is 9.47 Å². The number of fused-ring (bicyclic) bond motifs is 2. The molecule has 1 fully saturated rings. The average Bonchev–Trinajstić information content (AvgIpc) is 2.83. The minimum atomic E-state index is -1.13. The molecule has 0 bridgehead atoms. The summed E-state index contributed by atoms with van der Waals surface area (Å²) < 4.78 is 38.6. The van der Waals surface area contributed by atoms with Crippen molar-refractivity contribution < 1.29 is 32.6 Å². The summed E-state index contributed by atoms with van der Waals surface area (Å²) in [6, 6.07) is 7.22. The first-order valence-corrected chi connectivity index (χ1v) is 10.9. The number of hydrogen-bond acceptors (Lipinski definition) is 5. The van der Waals surface area contributed by atoms with E-state index in [9.17, 15) is 23.2 Å². The predicted octanol–water partition coefficient (Wildman–Crippen LogP) is 2.73. The zero-order valence-corrected chi connectivity index (χ0v) is 18.8. The zero-order valence-electron chi connectivity index (χ0n) is 18.8. The predicted molar refractivity (Wildman–Crippen MR) is 119 cm³/mol. The summed E-state index contributed by atoms with van der Waals surface area (Å²) in [5.74, 6) is -2.90. The molecular formula is C24H25F2N3O5. The van der Waals surface area contributed by atoms with Crippen LogP contribution in [0.4, 0.5) is 14.5 Å². The van der Waals surface area contributed by atoms with Gasteiger partial charge >= 0.3 is 0 Å². The lowest BCUT2D eigenvalue weighted by atomic mass is 9.94. The van der Waals surface area contributed by atoms with Gasteiger partial charge in [-0.1, -0.05) is 0 Å². The largest absolute Gasteiger partial charge is 0.490 e. The maximum absolute atomic E-state index is 13.5. The molecule has 2 aliphatic heterocycles. The summed E-state index contributed by atoms with van der Waals surface area (Å²) in [4.78, 5) is 39.0. The van der Waals surface area contributed by atoms with E-state index in [-0.39, 0.29) is 48.1 Å². The van der Waals surface area contributed by atoms with Crippen molar-refractivity contribution >= 4 is 23.4 Å². The van der Waals surface area contributed by atoms with Gasteiger partial charge in [0, 0.05) is 25.3 Å². The molecule has 2 aromatic carbocycles. The standard InChI is InChI=1S/C24H25F2N3O5/c1-27-22(30)11-15-5-7-19-21(34-15)12-33-20-8-4-14(10-16(20)24(32)29(19)2)28-23(31)13-3-6-17(25)18(26)9-13/h3-4,6,8-10,15,19,21H,5,7,11-12H2,1-2H3,(H,27,30)(H,28,31)/t15-,19+,21+/m0/s1. The van der Waals surface area contributed by atoms with Crippen molar-refractivity contribution in [3.05, 3.63) is 59.2 Å². The topological polar surface area (TPSA) is 97.0 Å². The van der Waals surface area contributed by atoms with Crippen molar-refractivity contribution in [3.63, 3.8) is 0 Å². The number of anilines is 1. The van der Waals surface area contributed by atoms with Crippen molar-refractivity contribution in [2.24, 2.45) is 0 Å². The third kappa shape index (κ3) is 4.86. The van der Waals surface area contributed by atoms with Crippen LogP contribution in [-0.2, 0) is 9.53 Å². The Hall–Kier alpha value is -3.53. The van der Waals surface area contributed by atoms with E-state index >= 15 is 0 Å². The van der Waals surface area contributed by atoms with Crippen LogP contribution in [0.15, 0.2) is 36.4 Å². The van der Waals surface area contributed by atoms with Crippen LogP contribution in [0, 0.1) is 11.6 Å². The first-order chi connectivity index (χ1) is 16.3. The van der Waals surface area contributed by atoms with Gasteiger partial charge in [0.15, 0.2) is 11.6 Å². The molecule has 2 aromatic rings. The molecule has 2 N–H and O–H groups in total. The van der Waals surface area contributed by atoms with Gasteiger partial charge in [0.05, 0.1) is 24.1 Å². The van der Waals surface area contributed by atoms with Gasteiger partial charge in [-0.3, -0.25) is 14.4 Å². The van der Waals surface area contributed by atoms with E-state index in [0.717, 1.165) is 12.1 Å². The van der Waals surface area contributed by atoms with Gasteiger partial charge in [0.1, 0.15) is 18.5 Å². The normalized spacial score (nSPS) is 21.9. The molecule has 0 saturated carbocycles. The number of halogens is 2. The van der Waals surface area contributed by atoms with Crippen molar-refractivity contribution in [2.75, 3.05) is 26.0 Å². The lowest BCUT2D eigenvalue weighted by Crippen LogP contribution is -2.53. The van der Waals surface area contributed by atoms with Crippen molar-refractivity contribution in [3.8, 4) is 5.75 Å². The SMILES string of the molecule is CNC(=O)C[C@@H]1CC[C@@H]2[C@@H](COc3ccc(NC(=O)c4ccc(F)c(F)c4)cc3C(=O)N2C)O1. The number of ether oxygens (including phenoxy) is 2. The van der Waals surface area contributed by atoms with Crippen LogP contribution < -0.4 is 15.4 Å². The number of benzene rings is 2. The molecule has 34 heavy (non-hydrogen) atoms. The van der Waals surface area contributed by atoms with E-state index in [2.05, 4.69) is 10.6 Å². The Labute approximate surface area is 195 Å². The van der Waals surface area contributed by atoms with E-state index in [1.54, 1.807) is 31.1 Å². The van der Waals surface area contributed by atoms with Crippen LogP contribution in [0.1, 0.15) is 40.0 Å². The molecule has 2 aliphatic rings. The number of carbonyl (C=O) groups is 3. The molecule has 10 heteroatoms. The summed E-state index contributed by atoms with van der Waals surface area (Å²) >= 11 is 0. The molecule has 1 saturated heterocycles. The van der Waals surface area contributed by atoms with Gasteiger partial charge in [-0.2, -0.15) is 0 Å². The molecule has 3 atom stereocenters. The fourth-order valence-corrected chi connectivity index (χ4v) is 4.25. The quantitative estimate of drug-likeness (QED) is 0.712.